The minimum Gasteiger partial charge on any atom is -0.389 e. The van der Waals surface area contributed by atoms with Crippen LogP contribution in [0, 0.1) is 6.92 Å². The van der Waals surface area contributed by atoms with Crippen molar-refractivity contribution in [1.29, 1.82) is 0 Å². The first-order valence-corrected chi connectivity index (χ1v) is 8.74. The molecule has 0 radical (unpaired) electrons. The SMILES string of the molecule is COCCN(Cc1ccc(C)cc1)C[C@H](O)COCc1ccccc1. The maximum absolute atomic E-state index is 10.3. The van der Waals surface area contributed by atoms with Gasteiger partial charge < -0.3 is 14.6 Å². The second-order valence-corrected chi connectivity index (χ2v) is 6.37. The van der Waals surface area contributed by atoms with Crippen molar-refractivity contribution in [2.24, 2.45) is 0 Å². The molecule has 0 aliphatic carbocycles. The molecular weight excluding hydrogens is 314 g/mol. The van der Waals surface area contributed by atoms with Crippen molar-refractivity contribution >= 4 is 0 Å². The van der Waals surface area contributed by atoms with E-state index in [1.165, 1.54) is 11.1 Å². The van der Waals surface area contributed by atoms with Crippen LogP contribution >= 0.6 is 0 Å². The van der Waals surface area contributed by atoms with Gasteiger partial charge in [-0.3, -0.25) is 4.90 Å². The van der Waals surface area contributed by atoms with E-state index in [2.05, 4.69) is 36.1 Å². The van der Waals surface area contributed by atoms with Crippen molar-refractivity contribution in [2.45, 2.75) is 26.2 Å². The van der Waals surface area contributed by atoms with E-state index in [0.717, 1.165) is 18.7 Å². The van der Waals surface area contributed by atoms with Gasteiger partial charge in [0.25, 0.3) is 0 Å². The van der Waals surface area contributed by atoms with Crippen molar-refractivity contribution in [3.63, 3.8) is 0 Å². The van der Waals surface area contributed by atoms with E-state index in [4.69, 9.17) is 9.47 Å². The van der Waals surface area contributed by atoms with Crippen LogP contribution in [0.2, 0.25) is 0 Å². The first-order chi connectivity index (χ1) is 12.2. The Bertz CT molecular complexity index is 586. The molecule has 0 fully saturated rings. The number of benzene rings is 2. The van der Waals surface area contributed by atoms with Crippen molar-refractivity contribution in [3.05, 3.63) is 71.3 Å². The second kappa shape index (κ2) is 11.0. The van der Waals surface area contributed by atoms with Gasteiger partial charge in [-0.1, -0.05) is 60.2 Å². The molecule has 0 spiro atoms. The van der Waals surface area contributed by atoms with Crippen molar-refractivity contribution in [3.8, 4) is 0 Å². The Labute approximate surface area is 151 Å². The third-order valence-corrected chi connectivity index (χ3v) is 4.03. The van der Waals surface area contributed by atoms with Crippen molar-refractivity contribution in [1.82, 2.24) is 4.90 Å². The molecule has 2 rings (SSSR count). The van der Waals surface area contributed by atoms with Crippen LogP contribution in [0.4, 0.5) is 0 Å². The van der Waals surface area contributed by atoms with Crippen LogP contribution in [0.15, 0.2) is 54.6 Å². The molecule has 1 atom stereocenters. The normalized spacial score (nSPS) is 12.5. The number of ether oxygens (including phenoxy) is 2. The number of methoxy groups -OCH3 is 1. The van der Waals surface area contributed by atoms with Gasteiger partial charge in [0.15, 0.2) is 0 Å². The van der Waals surface area contributed by atoms with Gasteiger partial charge in [0, 0.05) is 26.7 Å². The summed E-state index contributed by atoms with van der Waals surface area (Å²) in [5.41, 5.74) is 3.60. The molecule has 0 bridgehead atoms. The van der Waals surface area contributed by atoms with Crippen LogP contribution in [-0.4, -0.2) is 49.5 Å². The van der Waals surface area contributed by atoms with Crippen LogP contribution < -0.4 is 0 Å². The maximum atomic E-state index is 10.3. The monoisotopic (exact) mass is 343 g/mol. The molecule has 0 unspecified atom stereocenters. The summed E-state index contributed by atoms with van der Waals surface area (Å²) in [6.45, 7) is 5.70. The topological polar surface area (TPSA) is 41.9 Å². The van der Waals surface area contributed by atoms with Crippen LogP contribution in [-0.2, 0) is 22.6 Å². The lowest BCUT2D eigenvalue weighted by Gasteiger charge is -2.25. The largest absolute Gasteiger partial charge is 0.389 e. The summed E-state index contributed by atoms with van der Waals surface area (Å²) in [5, 5.41) is 10.3. The Kier molecular flexibility index (Phi) is 8.63. The van der Waals surface area contributed by atoms with Gasteiger partial charge in [-0.15, -0.1) is 0 Å². The lowest BCUT2D eigenvalue weighted by Crippen LogP contribution is -2.36. The van der Waals surface area contributed by atoms with Gasteiger partial charge in [-0.25, -0.2) is 0 Å². The molecule has 136 valence electrons. The lowest BCUT2D eigenvalue weighted by molar-refractivity contribution is 0.00480. The van der Waals surface area contributed by atoms with E-state index < -0.39 is 6.10 Å². The number of nitrogens with zero attached hydrogens (tertiary/aromatic N) is 1. The van der Waals surface area contributed by atoms with Crippen LogP contribution in [0.25, 0.3) is 0 Å². The lowest BCUT2D eigenvalue weighted by atomic mass is 10.1. The number of rotatable bonds is 11. The third kappa shape index (κ3) is 7.80. The van der Waals surface area contributed by atoms with Gasteiger partial charge in [0.2, 0.25) is 0 Å². The Morgan fingerprint density at radius 1 is 1.00 bits per heavy atom. The van der Waals surface area contributed by atoms with Crippen molar-refractivity contribution < 1.29 is 14.6 Å². The molecule has 1 N–H and O–H groups in total. The molecule has 0 aromatic heterocycles. The highest BCUT2D eigenvalue weighted by Gasteiger charge is 2.13. The smallest absolute Gasteiger partial charge is 0.0900 e. The van der Waals surface area contributed by atoms with E-state index in [1.54, 1.807) is 7.11 Å². The van der Waals surface area contributed by atoms with E-state index >= 15 is 0 Å². The molecule has 2 aromatic carbocycles. The molecule has 0 aliphatic rings. The first-order valence-electron chi connectivity index (χ1n) is 8.74. The summed E-state index contributed by atoms with van der Waals surface area (Å²) < 4.78 is 10.8. The summed E-state index contributed by atoms with van der Waals surface area (Å²) in [5.74, 6) is 0. The molecule has 0 saturated carbocycles. The fourth-order valence-electron chi connectivity index (χ4n) is 2.64. The highest BCUT2D eigenvalue weighted by Crippen LogP contribution is 2.08. The van der Waals surface area contributed by atoms with Gasteiger partial charge in [0.1, 0.15) is 0 Å². The Morgan fingerprint density at radius 3 is 2.40 bits per heavy atom. The molecule has 0 amide bonds. The Hall–Kier alpha value is -1.72. The molecule has 25 heavy (non-hydrogen) atoms. The summed E-state index contributed by atoms with van der Waals surface area (Å²) in [6.07, 6.45) is -0.522. The molecule has 0 saturated heterocycles. The Balaban J connectivity index is 1.79. The van der Waals surface area contributed by atoms with Crippen molar-refractivity contribution in [2.75, 3.05) is 33.4 Å². The van der Waals surface area contributed by atoms with Gasteiger partial charge in [-0.2, -0.15) is 0 Å². The van der Waals surface area contributed by atoms with E-state index in [1.807, 2.05) is 30.3 Å². The highest BCUT2D eigenvalue weighted by atomic mass is 16.5. The minimum absolute atomic E-state index is 0.326. The summed E-state index contributed by atoms with van der Waals surface area (Å²) in [7, 11) is 1.70. The molecule has 4 heteroatoms. The molecule has 2 aromatic rings. The maximum Gasteiger partial charge on any atom is 0.0900 e. The fraction of sp³-hybridized carbons (Fsp3) is 0.429. The zero-order chi connectivity index (χ0) is 17.9. The number of aliphatic hydroxyl groups is 1. The van der Waals surface area contributed by atoms with Crippen LogP contribution in [0.3, 0.4) is 0 Å². The second-order valence-electron chi connectivity index (χ2n) is 6.37. The molecule has 0 aliphatic heterocycles. The zero-order valence-corrected chi connectivity index (χ0v) is 15.2. The van der Waals surface area contributed by atoms with Gasteiger partial charge >= 0.3 is 0 Å². The molecule has 4 nitrogen and oxygen atoms in total. The first kappa shape index (κ1) is 19.6. The summed E-state index contributed by atoms with van der Waals surface area (Å²) >= 11 is 0. The van der Waals surface area contributed by atoms with E-state index in [9.17, 15) is 5.11 Å². The number of aryl methyl sites for hydroxylation is 1. The summed E-state index contributed by atoms with van der Waals surface area (Å²) in [4.78, 5) is 2.20. The quantitative estimate of drug-likeness (QED) is 0.681. The molecular formula is C21H29NO3. The van der Waals surface area contributed by atoms with Crippen LogP contribution in [0.1, 0.15) is 16.7 Å². The molecule has 0 heterocycles. The van der Waals surface area contributed by atoms with Crippen LogP contribution in [0.5, 0.6) is 0 Å². The summed E-state index contributed by atoms with van der Waals surface area (Å²) in [6, 6.07) is 18.5. The van der Waals surface area contributed by atoms with Gasteiger partial charge in [0.05, 0.1) is 25.9 Å². The number of hydrogen-bond acceptors (Lipinski definition) is 4. The van der Waals surface area contributed by atoms with Gasteiger partial charge in [-0.05, 0) is 18.1 Å². The highest BCUT2D eigenvalue weighted by molar-refractivity contribution is 5.21. The zero-order valence-electron chi connectivity index (χ0n) is 15.2. The third-order valence-electron chi connectivity index (χ3n) is 4.03. The van der Waals surface area contributed by atoms with E-state index in [0.29, 0.717) is 26.4 Å². The number of aliphatic hydroxyl groups excluding tert-OH is 1. The number of hydrogen-bond donors (Lipinski definition) is 1. The predicted octanol–water partition coefficient (Wildman–Crippen LogP) is 3.02. The van der Waals surface area contributed by atoms with E-state index in [-0.39, 0.29) is 0 Å². The predicted molar refractivity (Wildman–Crippen MR) is 100 cm³/mol. The fourth-order valence-corrected chi connectivity index (χ4v) is 2.64. The minimum atomic E-state index is -0.522. The average Bonchev–Trinajstić information content (AvgIpc) is 2.62. The standard InChI is InChI=1S/C21H29NO3/c1-18-8-10-19(11-9-18)14-22(12-13-24-2)15-21(23)17-25-16-20-6-4-3-5-7-20/h3-11,21,23H,12-17H2,1-2H3/t21-/m0/s1. The Morgan fingerprint density at radius 2 is 1.72 bits per heavy atom. The average molecular weight is 343 g/mol.